The van der Waals surface area contributed by atoms with E-state index >= 15 is 0 Å². The Kier molecular flexibility index (Phi) is 2.99. The SMILES string of the molecule is CN1CCCC(CC(F)(F)F)C1. The number of nitrogens with zero attached hydrogens (tertiary/aromatic N) is 1. The van der Waals surface area contributed by atoms with Crippen LogP contribution in [-0.4, -0.2) is 31.2 Å². The van der Waals surface area contributed by atoms with E-state index in [0.29, 0.717) is 6.54 Å². The molecule has 1 atom stereocenters. The summed E-state index contributed by atoms with van der Waals surface area (Å²) in [5.74, 6) is -0.177. The highest BCUT2D eigenvalue weighted by molar-refractivity contribution is 4.72. The fraction of sp³-hybridized carbons (Fsp3) is 1.00. The van der Waals surface area contributed by atoms with Crippen molar-refractivity contribution in [1.29, 1.82) is 0 Å². The third-order valence-corrected chi connectivity index (χ3v) is 2.24. The molecular formula is C8H14F3N. The van der Waals surface area contributed by atoms with Crippen molar-refractivity contribution in [1.82, 2.24) is 4.90 Å². The zero-order valence-electron chi connectivity index (χ0n) is 7.19. The molecule has 1 unspecified atom stereocenters. The number of halogens is 3. The van der Waals surface area contributed by atoms with E-state index in [-0.39, 0.29) is 5.92 Å². The normalized spacial score (nSPS) is 27.5. The molecule has 0 spiro atoms. The van der Waals surface area contributed by atoms with Crippen LogP contribution in [0.25, 0.3) is 0 Å². The second-order valence-electron chi connectivity index (χ2n) is 3.59. The van der Waals surface area contributed by atoms with E-state index in [1.807, 2.05) is 11.9 Å². The first-order chi connectivity index (χ1) is 5.47. The van der Waals surface area contributed by atoms with Crippen molar-refractivity contribution in [2.45, 2.75) is 25.4 Å². The summed E-state index contributed by atoms with van der Waals surface area (Å²) in [4.78, 5) is 1.97. The van der Waals surface area contributed by atoms with Crippen molar-refractivity contribution in [3.8, 4) is 0 Å². The van der Waals surface area contributed by atoms with Gasteiger partial charge in [-0.1, -0.05) is 0 Å². The van der Waals surface area contributed by atoms with Crippen LogP contribution >= 0.6 is 0 Å². The van der Waals surface area contributed by atoms with Gasteiger partial charge in [0.1, 0.15) is 0 Å². The number of alkyl halides is 3. The Labute approximate surface area is 70.5 Å². The minimum atomic E-state index is -3.98. The molecule has 0 bridgehead atoms. The summed E-state index contributed by atoms with van der Waals surface area (Å²) >= 11 is 0. The lowest BCUT2D eigenvalue weighted by molar-refractivity contribution is -0.147. The van der Waals surface area contributed by atoms with Crippen LogP contribution in [-0.2, 0) is 0 Å². The quantitative estimate of drug-likeness (QED) is 0.600. The second-order valence-corrected chi connectivity index (χ2v) is 3.59. The fourth-order valence-corrected chi connectivity index (χ4v) is 1.77. The highest BCUT2D eigenvalue weighted by Crippen LogP contribution is 2.29. The highest BCUT2D eigenvalue weighted by Gasteiger charge is 2.33. The zero-order valence-corrected chi connectivity index (χ0v) is 7.19. The number of likely N-dealkylation sites (tertiary alicyclic amines) is 1. The first-order valence-corrected chi connectivity index (χ1v) is 4.22. The maximum atomic E-state index is 11.9. The van der Waals surface area contributed by atoms with Gasteiger partial charge >= 0.3 is 6.18 Å². The van der Waals surface area contributed by atoms with Crippen LogP contribution in [0, 0.1) is 5.92 Å². The van der Waals surface area contributed by atoms with E-state index in [4.69, 9.17) is 0 Å². The summed E-state index contributed by atoms with van der Waals surface area (Å²) in [5.41, 5.74) is 0. The summed E-state index contributed by atoms with van der Waals surface area (Å²) in [7, 11) is 1.88. The number of rotatable bonds is 1. The molecule has 1 fully saturated rings. The number of hydrogen-bond donors (Lipinski definition) is 0. The first kappa shape index (κ1) is 9.84. The Balaban J connectivity index is 2.32. The molecule has 1 saturated heterocycles. The molecule has 0 aromatic heterocycles. The summed E-state index contributed by atoms with van der Waals surface area (Å²) < 4.78 is 35.8. The molecular weight excluding hydrogens is 167 g/mol. The van der Waals surface area contributed by atoms with E-state index in [1.165, 1.54) is 0 Å². The third kappa shape index (κ3) is 3.43. The predicted octanol–water partition coefficient (Wildman–Crippen LogP) is 2.28. The van der Waals surface area contributed by atoms with Crippen molar-refractivity contribution in [2.75, 3.05) is 20.1 Å². The Morgan fingerprint density at radius 3 is 2.58 bits per heavy atom. The van der Waals surface area contributed by atoms with Gasteiger partial charge in [0, 0.05) is 13.0 Å². The number of piperidine rings is 1. The molecule has 0 radical (unpaired) electrons. The Hall–Kier alpha value is -0.250. The van der Waals surface area contributed by atoms with Gasteiger partial charge in [0.05, 0.1) is 0 Å². The van der Waals surface area contributed by atoms with Crippen molar-refractivity contribution < 1.29 is 13.2 Å². The van der Waals surface area contributed by atoms with E-state index < -0.39 is 12.6 Å². The molecule has 12 heavy (non-hydrogen) atoms. The van der Waals surface area contributed by atoms with Crippen LogP contribution in [0.3, 0.4) is 0 Å². The van der Waals surface area contributed by atoms with E-state index in [0.717, 1.165) is 19.4 Å². The molecule has 1 aliphatic rings. The smallest absolute Gasteiger partial charge is 0.306 e. The zero-order chi connectivity index (χ0) is 9.19. The molecule has 0 saturated carbocycles. The summed E-state index contributed by atoms with van der Waals surface area (Å²) in [6.07, 6.45) is -2.97. The van der Waals surface area contributed by atoms with Gasteiger partial charge in [-0.15, -0.1) is 0 Å². The highest BCUT2D eigenvalue weighted by atomic mass is 19.4. The van der Waals surface area contributed by atoms with Gasteiger partial charge in [0.2, 0.25) is 0 Å². The molecule has 0 aromatic carbocycles. The molecule has 0 amide bonds. The molecule has 1 rings (SSSR count). The van der Waals surface area contributed by atoms with Crippen LogP contribution in [0.5, 0.6) is 0 Å². The predicted molar refractivity (Wildman–Crippen MR) is 40.9 cm³/mol. The lowest BCUT2D eigenvalue weighted by Gasteiger charge is -2.30. The van der Waals surface area contributed by atoms with Gasteiger partial charge in [-0.25, -0.2) is 0 Å². The van der Waals surface area contributed by atoms with Crippen molar-refractivity contribution in [2.24, 2.45) is 5.92 Å². The molecule has 1 heterocycles. The average Bonchev–Trinajstić information content (AvgIpc) is 1.82. The minimum Gasteiger partial charge on any atom is -0.306 e. The lowest BCUT2D eigenvalue weighted by Crippen LogP contribution is -2.34. The topological polar surface area (TPSA) is 3.24 Å². The van der Waals surface area contributed by atoms with Crippen LogP contribution in [0.15, 0.2) is 0 Å². The third-order valence-electron chi connectivity index (χ3n) is 2.24. The van der Waals surface area contributed by atoms with Crippen molar-refractivity contribution in [3.63, 3.8) is 0 Å². The van der Waals surface area contributed by atoms with Gasteiger partial charge in [-0.2, -0.15) is 13.2 Å². The van der Waals surface area contributed by atoms with Gasteiger partial charge in [0.15, 0.2) is 0 Å². The van der Waals surface area contributed by atoms with Crippen LogP contribution in [0.1, 0.15) is 19.3 Å². The maximum absolute atomic E-state index is 11.9. The van der Waals surface area contributed by atoms with Crippen LogP contribution in [0.2, 0.25) is 0 Å². The van der Waals surface area contributed by atoms with Crippen LogP contribution in [0.4, 0.5) is 13.2 Å². The van der Waals surface area contributed by atoms with E-state index in [1.54, 1.807) is 0 Å². The Bertz CT molecular complexity index is 144. The summed E-state index contributed by atoms with van der Waals surface area (Å²) in [5, 5.41) is 0. The standard InChI is InChI=1S/C8H14F3N/c1-12-4-2-3-7(6-12)5-8(9,10)11/h7H,2-6H2,1H3. The number of hydrogen-bond acceptors (Lipinski definition) is 1. The monoisotopic (exact) mass is 181 g/mol. The molecule has 1 nitrogen and oxygen atoms in total. The largest absolute Gasteiger partial charge is 0.389 e. The van der Waals surface area contributed by atoms with E-state index in [9.17, 15) is 13.2 Å². The van der Waals surface area contributed by atoms with Crippen molar-refractivity contribution in [3.05, 3.63) is 0 Å². The van der Waals surface area contributed by atoms with Crippen LogP contribution < -0.4 is 0 Å². The first-order valence-electron chi connectivity index (χ1n) is 4.22. The molecule has 1 aliphatic heterocycles. The van der Waals surface area contributed by atoms with Gasteiger partial charge in [0.25, 0.3) is 0 Å². The summed E-state index contributed by atoms with van der Waals surface area (Å²) in [6.45, 7) is 1.54. The van der Waals surface area contributed by atoms with E-state index in [2.05, 4.69) is 0 Å². The maximum Gasteiger partial charge on any atom is 0.389 e. The van der Waals surface area contributed by atoms with Gasteiger partial charge in [-0.05, 0) is 32.4 Å². The fourth-order valence-electron chi connectivity index (χ4n) is 1.77. The molecule has 4 heteroatoms. The molecule has 0 aromatic rings. The Morgan fingerprint density at radius 1 is 1.42 bits per heavy atom. The minimum absolute atomic E-state index is 0.177. The van der Waals surface area contributed by atoms with Gasteiger partial charge < -0.3 is 4.90 Å². The summed E-state index contributed by atoms with van der Waals surface area (Å²) in [6, 6.07) is 0. The second kappa shape index (κ2) is 3.64. The van der Waals surface area contributed by atoms with Crippen molar-refractivity contribution >= 4 is 0 Å². The van der Waals surface area contributed by atoms with Gasteiger partial charge in [-0.3, -0.25) is 0 Å². The molecule has 0 N–H and O–H groups in total. The average molecular weight is 181 g/mol. The molecule has 0 aliphatic carbocycles. The lowest BCUT2D eigenvalue weighted by atomic mass is 9.95. The Morgan fingerprint density at radius 2 is 2.08 bits per heavy atom. The molecule has 72 valence electrons.